The lowest BCUT2D eigenvalue weighted by atomic mass is 10.0. The van der Waals surface area contributed by atoms with Crippen LogP contribution >= 0.6 is 34.9 Å². The van der Waals surface area contributed by atoms with Crippen molar-refractivity contribution in [2.24, 2.45) is 0 Å². The van der Waals surface area contributed by atoms with Gasteiger partial charge in [-0.25, -0.2) is 17.5 Å². The second kappa shape index (κ2) is 8.53. The lowest BCUT2D eigenvalue weighted by molar-refractivity contribution is -0.155. The molecule has 0 aliphatic carbocycles. The minimum Gasteiger partial charge on any atom is -0.477 e. The van der Waals surface area contributed by atoms with Gasteiger partial charge in [-0.05, 0) is 12.5 Å². The SMILES string of the molecule is Cc1nnc(SCC2=C(C(=O)O)N3C(=O)C(N(C(=O)CC#N)S(C)(=O)=O)[C@@H]3SC2)s1. The fourth-order valence-electron chi connectivity index (χ4n) is 3.03. The molecule has 1 aromatic heterocycles. The highest BCUT2D eigenvalue weighted by molar-refractivity contribution is 8.01. The van der Waals surface area contributed by atoms with Crippen LogP contribution in [0.4, 0.5) is 0 Å². The van der Waals surface area contributed by atoms with Crippen LogP contribution in [-0.4, -0.2) is 79.9 Å². The predicted molar refractivity (Wildman–Crippen MR) is 109 cm³/mol. The van der Waals surface area contributed by atoms with Crippen molar-refractivity contribution in [2.75, 3.05) is 17.8 Å². The van der Waals surface area contributed by atoms with Gasteiger partial charge in [-0.2, -0.15) is 5.26 Å². The zero-order chi connectivity index (χ0) is 22.2. The fourth-order valence-corrected chi connectivity index (χ4v) is 7.51. The number of aliphatic carboxylic acids is 1. The first-order valence-corrected chi connectivity index (χ1v) is 13.0. The van der Waals surface area contributed by atoms with Gasteiger partial charge in [0.1, 0.15) is 22.5 Å². The lowest BCUT2D eigenvalue weighted by Gasteiger charge is -2.51. The molecule has 0 radical (unpaired) electrons. The molecule has 0 spiro atoms. The maximum Gasteiger partial charge on any atom is 0.352 e. The van der Waals surface area contributed by atoms with Crippen molar-refractivity contribution in [1.82, 2.24) is 19.4 Å². The Hall–Kier alpha value is -2.15. The van der Waals surface area contributed by atoms with Gasteiger partial charge in [0, 0.05) is 11.5 Å². The van der Waals surface area contributed by atoms with Crippen molar-refractivity contribution in [3.63, 3.8) is 0 Å². The number of nitrogens with zero attached hydrogens (tertiary/aromatic N) is 5. The number of β-lactam (4-membered cyclic amide) rings is 1. The molecule has 30 heavy (non-hydrogen) atoms. The van der Waals surface area contributed by atoms with E-state index in [0.717, 1.165) is 16.2 Å². The third-order valence-electron chi connectivity index (χ3n) is 4.19. The van der Waals surface area contributed by atoms with Crippen LogP contribution in [0.1, 0.15) is 11.4 Å². The fraction of sp³-hybridized carbons (Fsp3) is 0.467. The summed E-state index contributed by atoms with van der Waals surface area (Å²) in [6.45, 7) is 1.80. The molecule has 1 N–H and O–H groups in total. The van der Waals surface area contributed by atoms with Gasteiger partial charge in [-0.3, -0.25) is 14.5 Å². The van der Waals surface area contributed by atoms with Gasteiger partial charge in [0.15, 0.2) is 10.4 Å². The molecule has 3 rings (SSSR count). The number of rotatable bonds is 7. The number of carbonyl (C=O) groups excluding carboxylic acids is 2. The molecular formula is C15H15N5O6S4. The van der Waals surface area contributed by atoms with E-state index in [1.807, 2.05) is 0 Å². The Morgan fingerprint density at radius 1 is 1.43 bits per heavy atom. The number of carboxylic acids is 1. The Kier molecular flexibility index (Phi) is 6.41. The Balaban J connectivity index is 1.88. The molecule has 0 bridgehead atoms. The second-order valence-electron chi connectivity index (χ2n) is 6.28. The Bertz CT molecular complexity index is 1090. The van der Waals surface area contributed by atoms with E-state index in [-0.39, 0.29) is 17.2 Å². The van der Waals surface area contributed by atoms with Crippen LogP contribution in [0.2, 0.25) is 0 Å². The van der Waals surface area contributed by atoms with Gasteiger partial charge in [0.25, 0.3) is 11.8 Å². The number of aryl methyl sites for hydroxylation is 1. The van der Waals surface area contributed by atoms with Gasteiger partial charge < -0.3 is 5.11 Å². The number of sulfonamides is 1. The standard InChI is InChI=1S/C15H15N5O6S4/c1-7-17-18-15(29-7)28-6-8-5-27-13-11(12(22)19(13)10(8)14(23)24)20(30(2,25)26)9(21)3-4-16/h11,13H,3,5-6H2,1-2H3,(H,23,24)/t11?,13-/m0/s1. The second-order valence-corrected chi connectivity index (χ2v) is 11.6. The summed E-state index contributed by atoms with van der Waals surface area (Å²) < 4.78 is 25.3. The van der Waals surface area contributed by atoms with Crippen LogP contribution in [0.5, 0.6) is 0 Å². The number of hydrogen-bond acceptors (Lipinski definition) is 11. The van der Waals surface area contributed by atoms with Crippen molar-refractivity contribution >= 4 is 62.7 Å². The highest BCUT2D eigenvalue weighted by Gasteiger charge is 2.58. The molecule has 2 atom stereocenters. The molecule has 3 heterocycles. The average molecular weight is 490 g/mol. The minimum absolute atomic E-state index is 0.213. The van der Waals surface area contributed by atoms with Gasteiger partial charge in [-0.15, -0.1) is 22.0 Å². The summed E-state index contributed by atoms with van der Waals surface area (Å²) in [5.74, 6) is -2.64. The molecule has 2 aliphatic rings. The number of aromatic nitrogens is 2. The molecule has 160 valence electrons. The lowest BCUT2D eigenvalue weighted by Crippen LogP contribution is -2.72. The van der Waals surface area contributed by atoms with E-state index < -0.39 is 45.6 Å². The number of thioether (sulfide) groups is 2. The summed E-state index contributed by atoms with van der Waals surface area (Å²) in [6, 6.07) is 0.200. The number of hydrogen-bond donors (Lipinski definition) is 1. The monoisotopic (exact) mass is 489 g/mol. The number of nitriles is 1. The first-order valence-electron chi connectivity index (χ1n) is 8.28. The average Bonchev–Trinajstić information content (AvgIpc) is 3.07. The van der Waals surface area contributed by atoms with E-state index in [9.17, 15) is 27.9 Å². The van der Waals surface area contributed by atoms with Crippen molar-refractivity contribution in [1.29, 1.82) is 5.26 Å². The first-order chi connectivity index (χ1) is 14.1. The van der Waals surface area contributed by atoms with Crippen molar-refractivity contribution in [3.8, 4) is 6.07 Å². The van der Waals surface area contributed by atoms with Crippen LogP contribution in [0.15, 0.2) is 15.6 Å². The highest BCUT2D eigenvalue weighted by atomic mass is 32.2. The van der Waals surface area contributed by atoms with E-state index in [4.69, 9.17) is 5.26 Å². The summed E-state index contributed by atoms with van der Waals surface area (Å²) >= 11 is 3.83. The maximum atomic E-state index is 12.8. The predicted octanol–water partition coefficient (Wildman–Crippen LogP) is 0.263. The summed E-state index contributed by atoms with van der Waals surface area (Å²) in [5.41, 5.74) is 0.276. The molecule has 1 saturated heterocycles. The molecule has 0 saturated carbocycles. The molecule has 1 aromatic rings. The van der Waals surface area contributed by atoms with Crippen LogP contribution in [0, 0.1) is 18.3 Å². The molecule has 2 amide bonds. The first kappa shape index (κ1) is 22.5. The van der Waals surface area contributed by atoms with Crippen molar-refractivity contribution in [3.05, 3.63) is 16.3 Å². The number of carbonyl (C=O) groups is 3. The van der Waals surface area contributed by atoms with Crippen LogP contribution in [0.25, 0.3) is 0 Å². The van der Waals surface area contributed by atoms with Gasteiger partial charge in [0.05, 0.1) is 12.3 Å². The summed E-state index contributed by atoms with van der Waals surface area (Å²) in [4.78, 5) is 37.9. The smallest absolute Gasteiger partial charge is 0.352 e. The zero-order valence-corrected chi connectivity index (χ0v) is 18.9. The Morgan fingerprint density at radius 3 is 2.67 bits per heavy atom. The molecule has 0 aromatic carbocycles. The minimum atomic E-state index is -4.13. The largest absolute Gasteiger partial charge is 0.477 e. The van der Waals surface area contributed by atoms with E-state index >= 15 is 0 Å². The molecule has 15 heteroatoms. The summed E-state index contributed by atoms with van der Waals surface area (Å²) in [7, 11) is -4.13. The van der Waals surface area contributed by atoms with Gasteiger partial charge in [0.2, 0.25) is 10.0 Å². The number of carboxylic acid groups (broad SMARTS) is 1. The summed E-state index contributed by atoms with van der Waals surface area (Å²) in [6.07, 6.45) is 0.0603. The number of amides is 2. The van der Waals surface area contributed by atoms with Crippen molar-refractivity contribution in [2.45, 2.75) is 29.1 Å². The van der Waals surface area contributed by atoms with Crippen LogP contribution in [0.3, 0.4) is 0 Å². The Morgan fingerprint density at radius 2 is 2.13 bits per heavy atom. The molecular weight excluding hydrogens is 474 g/mol. The summed E-state index contributed by atoms with van der Waals surface area (Å²) in [5, 5.41) is 26.2. The van der Waals surface area contributed by atoms with E-state index in [1.165, 1.54) is 34.9 Å². The third-order valence-corrected chi connectivity index (χ3v) is 8.71. The maximum absolute atomic E-state index is 12.8. The van der Waals surface area contributed by atoms with E-state index in [2.05, 4.69) is 10.2 Å². The van der Waals surface area contributed by atoms with Gasteiger partial charge >= 0.3 is 5.97 Å². The highest BCUT2D eigenvalue weighted by Crippen LogP contribution is 2.44. The molecule has 1 unspecified atom stereocenters. The molecule has 1 fully saturated rings. The van der Waals surface area contributed by atoms with E-state index in [1.54, 1.807) is 13.0 Å². The normalized spacial score (nSPS) is 21.0. The zero-order valence-electron chi connectivity index (χ0n) is 15.6. The quantitative estimate of drug-likeness (QED) is 0.413. The van der Waals surface area contributed by atoms with Gasteiger partial charge in [-0.1, -0.05) is 23.1 Å². The number of fused-ring (bicyclic) bond motifs is 1. The topological polar surface area (TPSA) is 162 Å². The van der Waals surface area contributed by atoms with Crippen LogP contribution < -0.4 is 0 Å². The Labute approximate surface area is 184 Å². The van der Waals surface area contributed by atoms with Crippen LogP contribution in [-0.2, 0) is 24.4 Å². The van der Waals surface area contributed by atoms with E-state index in [0.29, 0.717) is 14.2 Å². The molecule has 11 nitrogen and oxygen atoms in total. The van der Waals surface area contributed by atoms with Crippen molar-refractivity contribution < 1.29 is 27.9 Å². The molecule has 2 aliphatic heterocycles. The third kappa shape index (κ3) is 4.17.